The summed E-state index contributed by atoms with van der Waals surface area (Å²) in [5.41, 5.74) is 1.06. The summed E-state index contributed by atoms with van der Waals surface area (Å²) in [4.78, 5) is 11.8. The van der Waals surface area contributed by atoms with Crippen LogP contribution in [-0.2, 0) is 4.79 Å². The van der Waals surface area contributed by atoms with Crippen molar-refractivity contribution in [3.05, 3.63) is 11.6 Å². The highest BCUT2D eigenvalue weighted by Crippen LogP contribution is 2.17. The number of carbonyl (C=O) groups is 1. The molecule has 0 spiro atoms. The molecule has 1 aliphatic carbocycles. The van der Waals surface area contributed by atoms with Gasteiger partial charge in [0.25, 0.3) is 0 Å². The number of hydrogen-bond donors (Lipinski definition) is 1. The quantitative estimate of drug-likeness (QED) is 0.771. The number of Topliss-reactive ketones (excluding diaryl/α,β-unsaturated/α-hetero) is 1. The second kappa shape index (κ2) is 6.78. The van der Waals surface area contributed by atoms with E-state index in [0.717, 1.165) is 18.4 Å². The molecule has 0 saturated carbocycles. The molecule has 86 valence electrons. The van der Waals surface area contributed by atoms with E-state index in [1.807, 2.05) is 0 Å². The molecule has 0 saturated heterocycles. The first-order valence-corrected chi connectivity index (χ1v) is 6.16. The van der Waals surface area contributed by atoms with E-state index in [4.69, 9.17) is 0 Å². The van der Waals surface area contributed by atoms with E-state index in [1.165, 1.54) is 25.7 Å². The van der Waals surface area contributed by atoms with E-state index >= 15 is 0 Å². The van der Waals surface area contributed by atoms with Gasteiger partial charge in [0, 0.05) is 6.04 Å². The van der Waals surface area contributed by atoms with Crippen LogP contribution < -0.4 is 5.32 Å². The molecule has 1 rings (SSSR count). The summed E-state index contributed by atoms with van der Waals surface area (Å²) in [7, 11) is 0. The Morgan fingerprint density at radius 1 is 1.33 bits per heavy atom. The van der Waals surface area contributed by atoms with Crippen LogP contribution in [-0.4, -0.2) is 18.4 Å². The zero-order valence-electron chi connectivity index (χ0n) is 10.0. The fraction of sp³-hybridized carbons (Fsp3) is 0.769. The van der Waals surface area contributed by atoms with E-state index in [0.29, 0.717) is 18.4 Å². The number of rotatable bonds is 4. The van der Waals surface area contributed by atoms with Gasteiger partial charge in [-0.2, -0.15) is 0 Å². The van der Waals surface area contributed by atoms with E-state index < -0.39 is 0 Å². The summed E-state index contributed by atoms with van der Waals surface area (Å²) >= 11 is 0. The maximum Gasteiger partial charge on any atom is 0.172 e. The highest BCUT2D eigenvalue weighted by Gasteiger charge is 2.10. The lowest BCUT2D eigenvalue weighted by Crippen LogP contribution is -2.30. The summed E-state index contributed by atoms with van der Waals surface area (Å²) in [5.74, 6) is 0.297. The molecular formula is C13H23NO. The number of ketones is 1. The number of allylic oxidation sites excluding steroid dienone is 1. The average molecular weight is 209 g/mol. The van der Waals surface area contributed by atoms with Gasteiger partial charge in [0.05, 0.1) is 6.54 Å². The van der Waals surface area contributed by atoms with Gasteiger partial charge in [-0.25, -0.2) is 0 Å². The third-order valence-electron chi connectivity index (χ3n) is 2.82. The van der Waals surface area contributed by atoms with Gasteiger partial charge in [-0.05, 0) is 31.3 Å². The van der Waals surface area contributed by atoms with Crippen molar-refractivity contribution in [2.24, 2.45) is 0 Å². The van der Waals surface area contributed by atoms with Crippen LogP contribution in [0.5, 0.6) is 0 Å². The van der Waals surface area contributed by atoms with Crippen molar-refractivity contribution in [2.75, 3.05) is 6.54 Å². The first kappa shape index (κ1) is 12.4. The summed E-state index contributed by atoms with van der Waals surface area (Å²) in [5, 5.41) is 3.19. The maximum atomic E-state index is 11.8. The first-order chi connectivity index (χ1) is 7.20. The molecule has 0 fully saturated rings. The molecule has 0 heterocycles. The minimum absolute atomic E-state index is 0.297. The van der Waals surface area contributed by atoms with Gasteiger partial charge in [0.2, 0.25) is 0 Å². The lowest BCUT2D eigenvalue weighted by molar-refractivity contribution is -0.115. The molecule has 15 heavy (non-hydrogen) atoms. The Balaban J connectivity index is 2.41. The SMILES string of the molecule is CC(C)NCC(=O)C1=CCCCCCC1. The van der Waals surface area contributed by atoms with Crippen molar-refractivity contribution < 1.29 is 4.79 Å². The van der Waals surface area contributed by atoms with Gasteiger partial charge < -0.3 is 5.32 Å². The van der Waals surface area contributed by atoms with Crippen LogP contribution in [0, 0.1) is 0 Å². The minimum atomic E-state index is 0.297. The number of hydrogen-bond acceptors (Lipinski definition) is 2. The molecular weight excluding hydrogens is 186 g/mol. The van der Waals surface area contributed by atoms with E-state index in [2.05, 4.69) is 25.2 Å². The fourth-order valence-electron chi connectivity index (χ4n) is 1.86. The molecule has 0 aromatic carbocycles. The molecule has 2 heteroatoms. The Bertz CT molecular complexity index is 231. The molecule has 0 aliphatic heterocycles. The third kappa shape index (κ3) is 5.12. The zero-order chi connectivity index (χ0) is 11.1. The lowest BCUT2D eigenvalue weighted by atomic mass is 9.97. The normalized spacial score (nSPS) is 18.2. The maximum absolute atomic E-state index is 11.8. The van der Waals surface area contributed by atoms with E-state index in [-0.39, 0.29) is 0 Å². The molecule has 2 nitrogen and oxygen atoms in total. The standard InChI is InChI=1S/C13H23NO/c1-11(2)14-10-13(15)12-8-6-4-3-5-7-9-12/h8,11,14H,3-7,9-10H2,1-2H3. The zero-order valence-corrected chi connectivity index (χ0v) is 10.0. The highest BCUT2D eigenvalue weighted by molar-refractivity contribution is 5.96. The molecule has 0 radical (unpaired) electrons. The lowest BCUT2D eigenvalue weighted by Gasteiger charge is -2.12. The van der Waals surface area contributed by atoms with Crippen LogP contribution in [0.2, 0.25) is 0 Å². The molecule has 0 bridgehead atoms. The second-order valence-electron chi connectivity index (χ2n) is 4.64. The van der Waals surface area contributed by atoms with Gasteiger partial charge in [-0.3, -0.25) is 4.79 Å². The van der Waals surface area contributed by atoms with Crippen LogP contribution in [0.4, 0.5) is 0 Å². The van der Waals surface area contributed by atoms with Crippen molar-refractivity contribution in [3.8, 4) is 0 Å². The summed E-state index contributed by atoms with van der Waals surface area (Å²) in [6.45, 7) is 4.64. The molecule has 0 aromatic heterocycles. The van der Waals surface area contributed by atoms with Gasteiger partial charge in [0.1, 0.15) is 0 Å². The predicted molar refractivity (Wildman–Crippen MR) is 63.9 cm³/mol. The van der Waals surface area contributed by atoms with Crippen LogP contribution in [0.1, 0.15) is 52.4 Å². The molecule has 1 aliphatic rings. The Morgan fingerprint density at radius 2 is 2.07 bits per heavy atom. The topological polar surface area (TPSA) is 29.1 Å². The minimum Gasteiger partial charge on any atom is -0.307 e. The van der Waals surface area contributed by atoms with Crippen molar-refractivity contribution >= 4 is 5.78 Å². The van der Waals surface area contributed by atoms with Gasteiger partial charge in [-0.1, -0.05) is 32.8 Å². The van der Waals surface area contributed by atoms with Gasteiger partial charge in [0.15, 0.2) is 5.78 Å². The second-order valence-corrected chi connectivity index (χ2v) is 4.64. The van der Waals surface area contributed by atoms with Gasteiger partial charge in [-0.15, -0.1) is 0 Å². The first-order valence-electron chi connectivity index (χ1n) is 6.16. The fourth-order valence-corrected chi connectivity index (χ4v) is 1.86. The average Bonchev–Trinajstić information content (AvgIpc) is 2.13. The molecule has 0 atom stereocenters. The highest BCUT2D eigenvalue weighted by atomic mass is 16.1. The summed E-state index contributed by atoms with van der Waals surface area (Å²) < 4.78 is 0. The van der Waals surface area contributed by atoms with Crippen LogP contribution >= 0.6 is 0 Å². The van der Waals surface area contributed by atoms with Crippen LogP contribution in [0.25, 0.3) is 0 Å². The van der Waals surface area contributed by atoms with Crippen molar-refractivity contribution in [1.29, 1.82) is 0 Å². The summed E-state index contributed by atoms with van der Waals surface area (Å²) in [6, 6.07) is 0.392. The van der Waals surface area contributed by atoms with Crippen molar-refractivity contribution in [2.45, 2.75) is 58.4 Å². The van der Waals surface area contributed by atoms with Crippen LogP contribution in [0.3, 0.4) is 0 Å². The van der Waals surface area contributed by atoms with Crippen molar-refractivity contribution in [3.63, 3.8) is 0 Å². The Morgan fingerprint density at radius 3 is 2.80 bits per heavy atom. The van der Waals surface area contributed by atoms with E-state index in [9.17, 15) is 4.79 Å². The number of carbonyl (C=O) groups excluding carboxylic acids is 1. The van der Waals surface area contributed by atoms with Crippen LogP contribution in [0.15, 0.2) is 11.6 Å². The van der Waals surface area contributed by atoms with E-state index in [1.54, 1.807) is 0 Å². The monoisotopic (exact) mass is 209 g/mol. The molecule has 0 aromatic rings. The smallest absolute Gasteiger partial charge is 0.172 e. The molecule has 1 N–H and O–H groups in total. The Hall–Kier alpha value is -0.630. The summed E-state index contributed by atoms with van der Waals surface area (Å²) in [6.07, 6.45) is 9.25. The third-order valence-corrected chi connectivity index (χ3v) is 2.82. The molecule has 0 amide bonds. The molecule has 0 unspecified atom stereocenters. The Kier molecular flexibility index (Phi) is 5.62. The van der Waals surface area contributed by atoms with Crippen molar-refractivity contribution in [1.82, 2.24) is 5.32 Å². The Labute approximate surface area is 93.1 Å². The predicted octanol–water partition coefficient (Wildman–Crippen LogP) is 2.83. The largest absolute Gasteiger partial charge is 0.307 e. The number of nitrogens with one attached hydrogen (secondary N) is 1. The van der Waals surface area contributed by atoms with Gasteiger partial charge >= 0.3 is 0 Å².